The largest absolute Gasteiger partial charge is 0.494 e. The highest BCUT2D eigenvalue weighted by Gasteiger charge is 2.36. The van der Waals surface area contributed by atoms with Crippen LogP contribution in [0, 0.1) is 27.7 Å². The van der Waals surface area contributed by atoms with Crippen molar-refractivity contribution in [2.45, 2.75) is 53.5 Å². The van der Waals surface area contributed by atoms with Crippen molar-refractivity contribution in [1.29, 1.82) is 0 Å². The number of halogens is 2. The molecule has 8 nitrogen and oxygen atoms in total. The van der Waals surface area contributed by atoms with E-state index in [9.17, 15) is 14.7 Å². The van der Waals surface area contributed by atoms with E-state index in [1.165, 1.54) is 12.1 Å². The monoisotopic (exact) mass is 658 g/mol. The normalized spacial score (nSPS) is 14.7. The molecule has 0 spiro atoms. The van der Waals surface area contributed by atoms with Crippen LogP contribution in [-0.2, 0) is 13.5 Å². The number of carboxylic acid groups (broad SMARTS) is 1. The minimum atomic E-state index is -1.01. The molecular formula is C36H36Cl2N4O4. The Balaban J connectivity index is 1.46. The molecule has 1 aliphatic heterocycles. The van der Waals surface area contributed by atoms with Gasteiger partial charge < -0.3 is 19.3 Å². The first-order valence-electron chi connectivity index (χ1n) is 15.3. The number of aryl methyl sites for hydroxylation is 5. The molecule has 1 atom stereocenters. The van der Waals surface area contributed by atoms with Crippen molar-refractivity contribution in [3.05, 3.63) is 97.9 Å². The van der Waals surface area contributed by atoms with Crippen molar-refractivity contribution in [2.75, 3.05) is 18.1 Å². The summed E-state index contributed by atoms with van der Waals surface area (Å²) in [5.41, 5.74) is 8.90. The molecular weight excluding hydrogens is 623 g/mol. The molecule has 0 saturated carbocycles. The Kier molecular flexibility index (Phi) is 8.38. The second-order valence-corrected chi connectivity index (χ2v) is 12.9. The lowest BCUT2D eigenvalue weighted by atomic mass is 9.98. The van der Waals surface area contributed by atoms with E-state index < -0.39 is 5.97 Å². The molecule has 1 N–H and O–H groups in total. The maximum absolute atomic E-state index is 14.5. The molecule has 3 aromatic carbocycles. The number of carbonyl (C=O) groups is 2. The molecule has 1 unspecified atom stereocenters. The molecule has 0 radical (unpaired) electrons. The van der Waals surface area contributed by atoms with Crippen LogP contribution < -0.4 is 9.64 Å². The van der Waals surface area contributed by atoms with E-state index in [1.54, 1.807) is 17.0 Å². The van der Waals surface area contributed by atoms with Gasteiger partial charge in [-0.1, -0.05) is 29.3 Å². The van der Waals surface area contributed by atoms with Gasteiger partial charge in [0, 0.05) is 52.6 Å². The second-order valence-electron chi connectivity index (χ2n) is 12.1. The summed E-state index contributed by atoms with van der Waals surface area (Å²) < 4.78 is 10.2. The lowest BCUT2D eigenvalue weighted by Crippen LogP contribution is -2.42. The quantitative estimate of drug-likeness (QED) is 0.169. The molecule has 10 heteroatoms. The predicted octanol–water partition coefficient (Wildman–Crippen LogP) is 8.51. The molecule has 0 aliphatic carbocycles. The molecule has 1 amide bonds. The Morgan fingerprint density at radius 3 is 2.30 bits per heavy atom. The summed E-state index contributed by atoms with van der Waals surface area (Å²) >= 11 is 13.4. The maximum atomic E-state index is 14.5. The number of fused-ring (bicyclic) bond motifs is 3. The minimum absolute atomic E-state index is 0.103. The third kappa shape index (κ3) is 5.33. The molecule has 0 saturated heterocycles. The van der Waals surface area contributed by atoms with Gasteiger partial charge in [0.1, 0.15) is 11.4 Å². The number of anilines is 1. The molecule has 5 aromatic rings. The fourth-order valence-electron chi connectivity index (χ4n) is 6.74. The van der Waals surface area contributed by atoms with E-state index in [2.05, 4.69) is 16.6 Å². The second kappa shape index (κ2) is 12.2. The van der Waals surface area contributed by atoms with Crippen molar-refractivity contribution in [3.8, 4) is 16.9 Å². The first-order valence-corrected chi connectivity index (χ1v) is 16.0. The van der Waals surface area contributed by atoms with Crippen LogP contribution in [0.2, 0.25) is 10.0 Å². The lowest BCUT2D eigenvalue weighted by Gasteiger charge is -2.34. The summed E-state index contributed by atoms with van der Waals surface area (Å²) in [7, 11) is 1.92. The molecule has 2 aromatic heterocycles. The molecule has 6 rings (SSSR count). The van der Waals surface area contributed by atoms with Crippen LogP contribution in [0.25, 0.3) is 22.0 Å². The van der Waals surface area contributed by atoms with Gasteiger partial charge in [-0.2, -0.15) is 5.10 Å². The summed E-state index contributed by atoms with van der Waals surface area (Å²) in [6.07, 6.45) is 1.27. The smallest absolute Gasteiger partial charge is 0.335 e. The number of benzene rings is 3. The van der Waals surface area contributed by atoms with E-state index in [0.29, 0.717) is 42.4 Å². The number of aromatic nitrogens is 3. The van der Waals surface area contributed by atoms with Crippen molar-refractivity contribution in [2.24, 2.45) is 7.05 Å². The SMILES string of the molecule is Cc1cc(OCCCc2c3n(c4c(-c5c(C)nn(C)c5C)c(Cl)ccc24)C(C)CN(c2ccc(C(=O)O)cc2)C3=O)cc(C)c1Cl. The summed E-state index contributed by atoms with van der Waals surface area (Å²) in [5.74, 6) is -0.386. The van der Waals surface area contributed by atoms with E-state index in [4.69, 9.17) is 27.9 Å². The number of carboxylic acids is 1. The van der Waals surface area contributed by atoms with Gasteiger partial charge in [0.15, 0.2) is 0 Å². The first-order chi connectivity index (χ1) is 21.9. The summed E-state index contributed by atoms with van der Waals surface area (Å²) in [5, 5.41) is 16.4. The number of carbonyl (C=O) groups excluding carboxylic acids is 1. The van der Waals surface area contributed by atoms with Crippen LogP contribution in [0.5, 0.6) is 5.75 Å². The zero-order valence-corrected chi connectivity index (χ0v) is 28.3. The Hall–Kier alpha value is -4.27. The van der Waals surface area contributed by atoms with Crippen LogP contribution in [0.4, 0.5) is 5.69 Å². The number of nitrogens with zero attached hydrogens (tertiary/aromatic N) is 4. The molecule has 1 aliphatic rings. The highest BCUT2D eigenvalue weighted by atomic mass is 35.5. The third-order valence-electron chi connectivity index (χ3n) is 8.99. The summed E-state index contributed by atoms with van der Waals surface area (Å²) in [6, 6.07) is 14.2. The number of amides is 1. The molecule has 3 heterocycles. The van der Waals surface area contributed by atoms with E-state index >= 15 is 0 Å². The highest BCUT2D eigenvalue weighted by molar-refractivity contribution is 6.35. The van der Waals surface area contributed by atoms with Crippen LogP contribution in [-0.4, -0.2) is 44.5 Å². The standard InChI is InChI=1S/C36H36Cl2N4O4/c1-19-16-26(17-20(2)32(19)38)46-15-7-8-27-28-13-14-29(37)31(30-22(4)39-40(6)23(30)5)33(28)42-21(3)18-41(35(43)34(27)42)25-11-9-24(10-12-25)36(44)45/h9-14,16-17,21H,7-8,15,18H2,1-6H3,(H,44,45). The van der Waals surface area contributed by atoms with Crippen LogP contribution >= 0.6 is 23.2 Å². The number of hydrogen-bond acceptors (Lipinski definition) is 4. The number of hydrogen-bond donors (Lipinski definition) is 1. The van der Waals surface area contributed by atoms with Gasteiger partial charge in [0.2, 0.25) is 0 Å². The Morgan fingerprint density at radius 2 is 1.70 bits per heavy atom. The molecule has 46 heavy (non-hydrogen) atoms. The minimum Gasteiger partial charge on any atom is -0.494 e. The summed E-state index contributed by atoms with van der Waals surface area (Å²) in [6.45, 7) is 10.9. The molecule has 0 bridgehead atoms. The zero-order chi connectivity index (χ0) is 33.0. The summed E-state index contributed by atoms with van der Waals surface area (Å²) in [4.78, 5) is 27.7. The number of ether oxygens (including phenoxy) is 1. The van der Waals surface area contributed by atoms with Gasteiger partial charge in [-0.3, -0.25) is 9.48 Å². The average molecular weight is 660 g/mol. The van der Waals surface area contributed by atoms with Gasteiger partial charge in [-0.15, -0.1) is 0 Å². The van der Waals surface area contributed by atoms with Gasteiger partial charge in [0.05, 0.1) is 28.4 Å². The van der Waals surface area contributed by atoms with Crippen molar-refractivity contribution in [3.63, 3.8) is 0 Å². The van der Waals surface area contributed by atoms with Gasteiger partial charge in [-0.05, 0) is 107 Å². The average Bonchev–Trinajstić information content (AvgIpc) is 3.48. The number of rotatable bonds is 8. The highest BCUT2D eigenvalue weighted by Crippen LogP contribution is 2.45. The van der Waals surface area contributed by atoms with Gasteiger partial charge >= 0.3 is 5.97 Å². The van der Waals surface area contributed by atoms with Crippen molar-refractivity contribution in [1.82, 2.24) is 14.3 Å². The van der Waals surface area contributed by atoms with E-state index in [0.717, 1.165) is 60.9 Å². The maximum Gasteiger partial charge on any atom is 0.335 e. The Bertz CT molecular complexity index is 2000. The topological polar surface area (TPSA) is 89.6 Å². The lowest BCUT2D eigenvalue weighted by molar-refractivity contribution is 0.0696. The van der Waals surface area contributed by atoms with Crippen LogP contribution in [0.15, 0.2) is 48.5 Å². The van der Waals surface area contributed by atoms with E-state index in [-0.39, 0.29) is 17.5 Å². The van der Waals surface area contributed by atoms with Crippen molar-refractivity contribution < 1.29 is 19.4 Å². The Labute approximate surface area is 278 Å². The van der Waals surface area contributed by atoms with Crippen LogP contribution in [0.1, 0.15) is 68.3 Å². The van der Waals surface area contributed by atoms with Crippen LogP contribution in [0.3, 0.4) is 0 Å². The fourth-order valence-corrected chi connectivity index (χ4v) is 7.09. The van der Waals surface area contributed by atoms with E-state index in [1.807, 2.05) is 63.7 Å². The molecule has 238 valence electrons. The van der Waals surface area contributed by atoms with Crippen molar-refractivity contribution >= 4 is 51.7 Å². The zero-order valence-electron chi connectivity index (χ0n) is 26.7. The third-order valence-corrected chi connectivity index (χ3v) is 9.90. The first kappa shape index (κ1) is 31.7. The van der Waals surface area contributed by atoms with Gasteiger partial charge in [-0.25, -0.2) is 4.79 Å². The van der Waals surface area contributed by atoms with Gasteiger partial charge in [0.25, 0.3) is 5.91 Å². The fraction of sp³-hybridized carbons (Fsp3) is 0.306. The Morgan fingerprint density at radius 1 is 1.02 bits per heavy atom. The molecule has 0 fully saturated rings. The number of aromatic carboxylic acids is 1. The predicted molar refractivity (Wildman–Crippen MR) is 183 cm³/mol.